The smallest absolute Gasteiger partial charge is 0.191 e. The van der Waals surface area contributed by atoms with E-state index in [4.69, 9.17) is 9.47 Å². The first-order chi connectivity index (χ1) is 12.7. The van der Waals surface area contributed by atoms with Crippen LogP contribution in [0.3, 0.4) is 0 Å². The molecule has 0 unspecified atom stereocenters. The second-order valence-corrected chi connectivity index (χ2v) is 7.26. The molecule has 2 rings (SSSR count). The zero-order valence-corrected chi connectivity index (χ0v) is 19.4. The van der Waals surface area contributed by atoms with E-state index in [2.05, 4.69) is 41.6 Å². The van der Waals surface area contributed by atoms with Crippen molar-refractivity contribution in [2.24, 2.45) is 4.99 Å². The number of aryl methyl sites for hydroxylation is 1. The highest BCUT2D eigenvalue weighted by Crippen LogP contribution is 2.15. The Bertz CT molecular complexity index is 674. The fourth-order valence-electron chi connectivity index (χ4n) is 2.36. The Labute approximate surface area is 183 Å². The van der Waals surface area contributed by atoms with Crippen molar-refractivity contribution in [3.8, 4) is 5.75 Å². The lowest BCUT2D eigenvalue weighted by Crippen LogP contribution is -2.38. The van der Waals surface area contributed by atoms with Crippen LogP contribution in [0.25, 0.3) is 0 Å². The lowest BCUT2D eigenvalue weighted by Gasteiger charge is -2.11. The summed E-state index contributed by atoms with van der Waals surface area (Å²) in [5.41, 5.74) is 1.15. The summed E-state index contributed by atoms with van der Waals surface area (Å²) >= 11 is 1.79. The Morgan fingerprint density at radius 2 is 1.89 bits per heavy atom. The highest BCUT2D eigenvalue weighted by Gasteiger charge is 2.00. The fraction of sp³-hybridized carbons (Fsp3) is 0.450. The van der Waals surface area contributed by atoms with Crippen molar-refractivity contribution in [2.45, 2.75) is 33.4 Å². The van der Waals surface area contributed by atoms with Crippen molar-refractivity contribution in [2.75, 3.05) is 26.8 Å². The van der Waals surface area contributed by atoms with Gasteiger partial charge in [-0.3, -0.25) is 0 Å². The molecule has 0 aliphatic carbocycles. The van der Waals surface area contributed by atoms with Crippen molar-refractivity contribution < 1.29 is 9.47 Å². The second kappa shape index (κ2) is 13.8. The molecule has 1 aromatic carbocycles. The summed E-state index contributed by atoms with van der Waals surface area (Å²) < 4.78 is 10.9. The maximum atomic E-state index is 5.73. The molecule has 1 aromatic heterocycles. The fourth-order valence-corrected chi connectivity index (χ4v) is 3.18. The van der Waals surface area contributed by atoms with Gasteiger partial charge in [-0.2, -0.15) is 0 Å². The van der Waals surface area contributed by atoms with Crippen LogP contribution >= 0.6 is 35.3 Å². The van der Waals surface area contributed by atoms with Crippen LogP contribution in [0.2, 0.25) is 0 Å². The third kappa shape index (κ3) is 9.44. The molecule has 150 valence electrons. The monoisotopic (exact) mass is 503 g/mol. The minimum Gasteiger partial charge on any atom is -0.497 e. The molecular weight excluding hydrogens is 473 g/mol. The molecule has 5 nitrogen and oxygen atoms in total. The van der Waals surface area contributed by atoms with E-state index in [0.717, 1.165) is 36.8 Å². The zero-order chi connectivity index (χ0) is 18.6. The van der Waals surface area contributed by atoms with E-state index in [1.54, 1.807) is 18.4 Å². The van der Waals surface area contributed by atoms with Crippen LogP contribution in [0.5, 0.6) is 5.75 Å². The molecule has 0 spiro atoms. The standard InChI is InChI=1S/C20H29N3O2S.HI/c1-4-21-20(23-14-19-11-6-16(2)26-19)22-12-5-13-25-15-17-7-9-18(24-3)10-8-17;/h6-11H,4-5,12-15H2,1-3H3,(H2,21,22,23);1H. The highest BCUT2D eigenvalue weighted by molar-refractivity contribution is 14.0. The van der Waals surface area contributed by atoms with E-state index < -0.39 is 0 Å². The van der Waals surface area contributed by atoms with E-state index in [9.17, 15) is 0 Å². The van der Waals surface area contributed by atoms with Gasteiger partial charge in [0, 0.05) is 29.5 Å². The van der Waals surface area contributed by atoms with Gasteiger partial charge in [-0.1, -0.05) is 12.1 Å². The predicted molar refractivity (Wildman–Crippen MR) is 125 cm³/mol. The Kier molecular flexibility index (Phi) is 12.1. The van der Waals surface area contributed by atoms with E-state index in [1.807, 2.05) is 24.3 Å². The SMILES string of the molecule is CCNC(=NCc1ccc(C)s1)NCCCOCc1ccc(OC)cc1.I. The van der Waals surface area contributed by atoms with Gasteiger partial charge in [0.15, 0.2) is 5.96 Å². The lowest BCUT2D eigenvalue weighted by atomic mass is 10.2. The number of thiophene rings is 1. The topological polar surface area (TPSA) is 54.9 Å². The molecule has 0 fully saturated rings. The largest absolute Gasteiger partial charge is 0.497 e. The molecule has 2 aromatic rings. The molecule has 2 N–H and O–H groups in total. The van der Waals surface area contributed by atoms with Gasteiger partial charge in [-0.15, -0.1) is 35.3 Å². The molecule has 0 aliphatic rings. The van der Waals surface area contributed by atoms with Gasteiger partial charge >= 0.3 is 0 Å². The van der Waals surface area contributed by atoms with Gasteiger partial charge in [0.2, 0.25) is 0 Å². The van der Waals surface area contributed by atoms with Crippen molar-refractivity contribution in [1.82, 2.24) is 10.6 Å². The number of methoxy groups -OCH3 is 1. The Balaban J connectivity index is 0.00000364. The predicted octanol–water partition coefficient (Wildman–Crippen LogP) is 4.35. The number of nitrogens with zero attached hydrogens (tertiary/aromatic N) is 1. The van der Waals surface area contributed by atoms with Gasteiger partial charge in [-0.05, 0) is 50.1 Å². The van der Waals surface area contributed by atoms with Crippen LogP contribution < -0.4 is 15.4 Å². The van der Waals surface area contributed by atoms with Crippen LogP contribution in [0.15, 0.2) is 41.4 Å². The second-order valence-electron chi connectivity index (χ2n) is 5.89. The molecule has 0 amide bonds. The average Bonchev–Trinajstić information content (AvgIpc) is 3.08. The Morgan fingerprint density at radius 3 is 2.52 bits per heavy atom. The minimum atomic E-state index is 0. The first-order valence-corrected chi connectivity index (χ1v) is 9.81. The van der Waals surface area contributed by atoms with Crippen LogP contribution in [0.1, 0.15) is 28.7 Å². The highest BCUT2D eigenvalue weighted by atomic mass is 127. The van der Waals surface area contributed by atoms with E-state index in [-0.39, 0.29) is 24.0 Å². The molecule has 0 aliphatic heterocycles. The van der Waals surface area contributed by atoms with Gasteiger partial charge in [0.05, 0.1) is 20.3 Å². The van der Waals surface area contributed by atoms with Crippen LogP contribution in [-0.4, -0.2) is 32.8 Å². The summed E-state index contributed by atoms with van der Waals surface area (Å²) in [4.78, 5) is 7.23. The Hall–Kier alpha value is -1.32. The molecule has 0 radical (unpaired) electrons. The molecule has 0 atom stereocenters. The summed E-state index contributed by atoms with van der Waals surface area (Å²) in [6.45, 7) is 7.92. The number of halogens is 1. The number of benzene rings is 1. The minimum absolute atomic E-state index is 0. The Morgan fingerprint density at radius 1 is 1.11 bits per heavy atom. The first kappa shape index (κ1) is 23.7. The van der Waals surface area contributed by atoms with Crippen molar-refractivity contribution >= 4 is 41.3 Å². The molecule has 1 heterocycles. The van der Waals surface area contributed by atoms with Crippen LogP contribution in [0, 0.1) is 6.92 Å². The number of ether oxygens (including phenoxy) is 2. The summed E-state index contributed by atoms with van der Waals surface area (Å²) in [6.07, 6.45) is 0.929. The third-order valence-corrected chi connectivity index (χ3v) is 4.70. The van der Waals surface area contributed by atoms with Gasteiger partial charge < -0.3 is 20.1 Å². The average molecular weight is 503 g/mol. The van der Waals surface area contributed by atoms with Crippen molar-refractivity contribution in [3.63, 3.8) is 0 Å². The van der Waals surface area contributed by atoms with E-state index >= 15 is 0 Å². The number of hydrogen-bond acceptors (Lipinski definition) is 4. The first-order valence-electron chi connectivity index (χ1n) is 8.99. The number of hydrogen-bond donors (Lipinski definition) is 2. The summed E-state index contributed by atoms with van der Waals surface area (Å²) in [5.74, 6) is 1.72. The lowest BCUT2D eigenvalue weighted by molar-refractivity contribution is 0.119. The van der Waals surface area contributed by atoms with Crippen molar-refractivity contribution in [3.05, 3.63) is 51.7 Å². The van der Waals surface area contributed by atoms with Crippen LogP contribution in [0.4, 0.5) is 0 Å². The summed E-state index contributed by atoms with van der Waals surface area (Å²) in [5, 5.41) is 6.64. The summed E-state index contributed by atoms with van der Waals surface area (Å²) in [7, 11) is 1.67. The number of nitrogens with one attached hydrogen (secondary N) is 2. The third-order valence-electron chi connectivity index (χ3n) is 3.72. The quantitative estimate of drug-likeness (QED) is 0.219. The molecule has 0 saturated carbocycles. The summed E-state index contributed by atoms with van der Waals surface area (Å²) in [6, 6.07) is 12.2. The van der Waals surface area contributed by atoms with Crippen molar-refractivity contribution in [1.29, 1.82) is 0 Å². The molecule has 27 heavy (non-hydrogen) atoms. The van der Waals surface area contributed by atoms with Gasteiger partial charge in [-0.25, -0.2) is 4.99 Å². The van der Waals surface area contributed by atoms with Crippen LogP contribution in [-0.2, 0) is 17.9 Å². The number of guanidine groups is 1. The maximum absolute atomic E-state index is 5.73. The zero-order valence-electron chi connectivity index (χ0n) is 16.3. The maximum Gasteiger partial charge on any atom is 0.191 e. The van der Waals surface area contributed by atoms with E-state index in [0.29, 0.717) is 19.8 Å². The molecule has 0 bridgehead atoms. The van der Waals surface area contributed by atoms with Gasteiger partial charge in [0.1, 0.15) is 5.75 Å². The molecule has 0 saturated heterocycles. The number of rotatable bonds is 10. The van der Waals surface area contributed by atoms with Gasteiger partial charge in [0.25, 0.3) is 0 Å². The molecular formula is C20H30IN3O2S. The number of aliphatic imine (C=N–C) groups is 1. The van der Waals surface area contributed by atoms with E-state index in [1.165, 1.54) is 9.75 Å². The normalized spacial score (nSPS) is 11.0. The molecule has 7 heteroatoms.